The Balaban J connectivity index is 3.88. The second-order valence-electron chi connectivity index (χ2n) is 3.55. The van der Waals surface area contributed by atoms with Gasteiger partial charge in [-0.3, -0.25) is 4.79 Å². The van der Waals surface area contributed by atoms with E-state index in [1.54, 1.807) is 7.11 Å². The maximum Gasteiger partial charge on any atom is 0.304 e. The number of methoxy groups -OCH3 is 1. The predicted octanol–water partition coefficient (Wildman–Crippen LogP) is 2.12. The molecule has 90 valence electrons. The van der Waals surface area contributed by atoms with Crippen molar-refractivity contribution in [2.75, 3.05) is 13.7 Å². The molecule has 0 radical (unpaired) electrons. The van der Waals surface area contributed by atoms with Gasteiger partial charge in [0.15, 0.2) is 0 Å². The number of hydrogen-bond acceptors (Lipinski definition) is 4. The first-order valence-electron chi connectivity index (χ1n) is 5.41. The molecular weight excluding hydrogens is 196 g/mol. The summed E-state index contributed by atoms with van der Waals surface area (Å²) in [7, 11) is 1.63. The molecule has 0 rings (SSSR count). The van der Waals surface area contributed by atoms with Crippen molar-refractivity contribution >= 4 is 5.97 Å². The maximum atomic E-state index is 10.8. The summed E-state index contributed by atoms with van der Waals surface area (Å²) in [6, 6.07) is 0. The normalized spacial score (nSPS) is 14.7. The molecule has 0 aliphatic rings. The van der Waals surface area contributed by atoms with Crippen molar-refractivity contribution in [2.24, 2.45) is 0 Å². The fourth-order valence-electron chi connectivity index (χ4n) is 1.06. The standard InChI is InChI=1S/C11H22O4/c1-5-6-7-14-11(15-10(3)12)8-9(2)13-4/h9,11H,5-8H2,1-4H3. The van der Waals surface area contributed by atoms with Crippen LogP contribution in [0.25, 0.3) is 0 Å². The summed E-state index contributed by atoms with van der Waals surface area (Å²) >= 11 is 0. The zero-order valence-electron chi connectivity index (χ0n) is 10.1. The number of ether oxygens (including phenoxy) is 3. The van der Waals surface area contributed by atoms with Gasteiger partial charge in [-0.2, -0.15) is 0 Å². The Kier molecular flexibility index (Phi) is 8.33. The molecule has 0 saturated heterocycles. The number of carbonyl (C=O) groups excluding carboxylic acids is 1. The second kappa shape index (κ2) is 8.68. The molecule has 0 spiro atoms. The molecule has 4 heteroatoms. The first-order valence-corrected chi connectivity index (χ1v) is 5.41. The number of rotatable bonds is 8. The lowest BCUT2D eigenvalue weighted by atomic mass is 10.3. The number of esters is 1. The lowest BCUT2D eigenvalue weighted by molar-refractivity contribution is -0.182. The molecule has 0 aromatic carbocycles. The first kappa shape index (κ1) is 14.4. The summed E-state index contributed by atoms with van der Waals surface area (Å²) in [6.07, 6.45) is 2.14. The van der Waals surface area contributed by atoms with E-state index in [9.17, 15) is 4.79 Å². The lowest BCUT2D eigenvalue weighted by Crippen LogP contribution is -2.25. The monoisotopic (exact) mass is 218 g/mol. The molecule has 0 aromatic rings. The Morgan fingerprint density at radius 1 is 1.40 bits per heavy atom. The van der Waals surface area contributed by atoms with Crippen LogP contribution in [0.3, 0.4) is 0 Å². The molecule has 4 nitrogen and oxygen atoms in total. The minimum Gasteiger partial charge on any atom is -0.436 e. The van der Waals surface area contributed by atoms with Crippen LogP contribution in [0.1, 0.15) is 40.0 Å². The summed E-state index contributed by atoms with van der Waals surface area (Å²) in [6.45, 7) is 6.00. The Morgan fingerprint density at radius 3 is 2.53 bits per heavy atom. The summed E-state index contributed by atoms with van der Waals surface area (Å²) in [4.78, 5) is 10.8. The van der Waals surface area contributed by atoms with Gasteiger partial charge in [-0.05, 0) is 13.3 Å². The summed E-state index contributed by atoms with van der Waals surface area (Å²) < 4.78 is 15.6. The van der Waals surface area contributed by atoms with Gasteiger partial charge in [-0.25, -0.2) is 0 Å². The van der Waals surface area contributed by atoms with E-state index in [0.717, 1.165) is 12.8 Å². The van der Waals surface area contributed by atoms with E-state index in [1.807, 2.05) is 6.92 Å². The van der Waals surface area contributed by atoms with E-state index >= 15 is 0 Å². The number of unbranched alkanes of at least 4 members (excludes halogenated alkanes) is 1. The van der Waals surface area contributed by atoms with Crippen molar-refractivity contribution in [1.29, 1.82) is 0 Å². The smallest absolute Gasteiger partial charge is 0.304 e. The Labute approximate surface area is 91.9 Å². The molecule has 0 aliphatic heterocycles. The van der Waals surface area contributed by atoms with Gasteiger partial charge < -0.3 is 14.2 Å². The van der Waals surface area contributed by atoms with Crippen molar-refractivity contribution in [2.45, 2.75) is 52.4 Å². The Morgan fingerprint density at radius 2 is 2.07 bits per heavy atom. The highest BCUT2D eigenvalue weighted by molar-refractivity contribution is 5.66. The third kappa shape index (κ3) is 8.39. The van der Waals surface area contributed by atoms with E-state index in [4.69, 9.17) is 14.2 Å². The first-order chi connectivity index (χ1) is 7.10. The van der Waals surface area contributed by atoms with Crippen LogP contribution in [-0.2, 0) is 19.0 Å². The van der Waals surface area contributed by atoms with Gasteiger partial charge in [-0.1, -0.05) is 13.3 Å². The third-order valence-electron chi connectivity index (χ3n) is 2.03. The van der Waals surface area contributed by atoms with Gasteiger partial charge in [-0.15, -0.1) is 0 Å². The number of carbonyl (C=O) groups is 1. The SMILES string of the molecule is CCCCOC(CC(C)OC)OC(C)=O. The van der Waals surface area contributed by atoms with Gasteiger partial charge in [0.2, 0.25) is 6.29 Å². The summed E-state index contributed by atoms with van der Waals surface area (Å²) in [5.74, 6) is -0.320. The molecular formula is C11H22O4. The second-order valence-corrected chi connectivity index (χ2v) is 3.55. The molecule has 0 aromatic heterocycles. The quantitative estimate of drug-likeness (QED) is 0.355. The average molecular weight is 218 g/mol. The van der Waals surface area contributed by atoms with Gasteiger partial charge >= 0.3 is 5.97 Å². The molecule has 0 saturated carbocycles. The average Bonchev–Trinajstić information content (AvgIpc) is 2.17. The van der Waals surface area contributed by atoms with E-state index in [-0.39, 0.29) is 12.1 Å². The highest BCUT2D eigenvalue weighted by atomic mass is 16.7. The van der Waals surface area contributed by atoms with Crippen molar-refractivity contribution in [3.63, 3.8) is 0 Å². The van der Waals surface area contributed by atoms with Gasteiger partial charge in [0.25, 0.3) is 0 Å². The molecule has 0 amide bonds. The molecule has 15 heavy (non-hydrogen) atoms. The van der Waals surface area contributed by atoms with Crippen LogP contribution >= 0.6 is 0 Å². The fourth-order valence-corrected chi connectivity index (χ4v) is 1.06. The minimum absolute atomic E-state index is 0.0241. The molecule has 0 aliphatic carbocycles. The topological polar surface area (TPSA) is 44.8 Å². The van der Waals surface area contributed by atoms with Crippen LogP contribution in [0.2, 0.25) is 0 Å². The highest BCUT2D eigenvalue weighted by Crippen LogP contribution is 2.08. The molecule has 0 heterocycles. The van der Waals surface area contributed by atoms with Crippen LogP contribution < -0.4 is 0 Å². The van der Waals surface area contributed by atoms with Crippen molar-refractivity contribution in [3.05, 3.63) is 0 Å². The zero-order chi connectivity index (χ0) is 11.7. The lowest BCUT2D eigenvalue weighted by Gasteiger charge is -2.20. The molecule has 2 unspecified atom stereocenters. The van der Waals surface area contributed by atoms with Crippen LogP contribution in [0, 0.1) is 0 Å². The van der Waals surface area contributed by atoms with Gasteiger partial charge in [0.05, 0.1) is 12.7 Å². The summed E-state index contributed by atoms with van der Waals surface area (Å²) in [5.41, 5.74) is 0. The van der Waals surface area contributed by atoms with Crippen LogP contribution in [0.4, 0.5) is 0 Å². The van der Waals surface area contributed by atoms with Crippen molar-refractivity contribution in [3.8, 4) is 0 Å². The van der Waals surface area contributed by atoms with Crippen LogP contribution in [0.15, 0.2) is 0 Å². The van der Waals surface area contributed by atoms with Gasteiger partial charge in [0.1, 0.15) is 0 Å². The fraction of sp³-hybridized carbons (Fsp3) is 0.909. The van der Waals surface area contributed by atoms with E-state index in [1.165, 1.54) is 6.92 Å². The van der Waals surface area contributed by atoms with E-state index < -0.39 is 6.29 Å². The van der Waals surface area contributed by atoms with Crippen molar-refractivity contribution in [1.82, 2.24) is 0 Å². The maximum absolute atomic E-state index is 10.8. The van der Waals surface area contributed by atoms with E-state index in [2.05, 4.69) is 6.92 Å². The third-order valence-corrected chi connectivity index (χ3v) is 2.03. The molecule has 0 N–H and O–H groups in total. The van der Waals surface area contributed by atoms with Gasteiger partial charge in [0, 0.05) is 20.5 Å². The van der Waals surface area contributed by atoms with Crippen LogP contribution in [0.5, 0.6) is 0 Å². The molecule has 2 atom stereocenters. The Hall–Kier alpha value is -0.610. The number of hydrogen-bond donors (Lipinski definition) is 0. The van der Waals surface area contributed by atoms with Crippen molar-refractivity contribution < 1.29 is 19.0 Å². The zero-order valence-corrected chi connectivity index (χ0v) is 10.1. The predicted molar refractivity (Wildman–Crippen MR) is 57.5 cm³/mol. The Bertz CT molecular complexity index is 170. The molecule has 0 bridgehead atoms. The highest BCUT2D eigenvalue weighted by Gasteiger charge is 2.15. The minimum atomic E-state index is -0.482. The van der Waals surface area contributed by atoms with E-state index in [0.29, 0.717) is 13.0 Å². The molecule has 0 fully saturated rings. The largest absolute Gasteiger partial charge is 0.436 e. The van der Waals surface area contributed by atoms with Crippen LogP contribution in [-0.4, -0.2) is 32.1 Å². The summed E-state index contributed by atoms with van der Waals surface area (Å²) in [5, 5.41) is 0.